The van der Waals surface area contributed by atoms with Gasteiger partial charge < -0.3 is 19.9 Å². The summed E-state index contributed by atoms with van der Waals surface area (Å²) in [5.74, 6) is 1.01. The first-order valence-corrected chi connectivity index (χ1v) is 12.0. The van der Waals surface area contributed by atoms with E-state index in [4.69, 9.17) is 4.74 Å². The number of fused-ring (bicyclic) bond motifs is 1. The summed E-state index contributed by atoms with van der Waals surface area (Å²) in [5, 5.41) is 17.3. The third kappa shape index (κ3) is 3.53. The van der Waals surface area contributed by atoms with Gasteiger partial charge >= 0.3 is 0 Å². The van der Waals surface area contributed by atoms with Crippen molar-refractivity contribution in [2.75, 3.05) is 32.2 Å². The van der Waals surface area contributed by atoms with E-state index in [2.05, 4.69) is 34.5 Å². The number of anilines is 1. The molecule has 0 bridgehead atoms. The molecule has 5 nitrogen and oxygen atoms in total. The minimum Gasteiger partial charge on any atom is -0.626 e. The second-order valence-electron chi connectivity index (χ2n) is 9.51. The van der Waals surface area contributed by atoms with Crippen molar-refractivity contribution in [1.82, 2.24) is 9.55 Å². The van der Waals surface area contributed by atoms with Gasteiger partial charge in [0.15, 0.2) is 12.4 Å². The highest BCUT2D eigenvalue weighted by molar-refractivity contribution is 5.72. The Kier molecular flexibility index (Phi) is 5.67. The zero-order valence-electron chi connectivity index (χ0n) is 18.7. The highest BCUT2D eigenvalue weighted by atomic mass is 16.6. The molecule has 2 aromatic carbocycles. The first-order chi connectivity index (χ1) is 15.2. The van der Waals surface area contributed by atoms with E-state index in [1.54, 1.807) is 7.11 Å². The summed E-state index contributed by atoms with van der Waals surface area (Å²) in [5.41, 5.74) is 3.30. The Morgan fingerprint density at radius 1 is 0.968 bits per heavy atom. The van der Waals surface area contributed by atoms with Gasteiger partial charge in [0.1, 0.15) is 11.4 Å². The minimum absolute atomic E-state index is 0.0307. The molecule has 2 aliphatic heterocycles. The summed E-state index contributed by atoms with van der Waals surface area (Å²) in [7, 11) is 1.79. The Morgan fingerprint density at radius 3 is 2.39 bits per heavy atom. The molecular weight excluding hydrogens is 386 g/mol. The van der Waals surface area contributed by atoms with Crippen LogP contribution in [0.25, 0.3) is 0 Å². The first-order valence-electron chi connectivity index (χ1n) is 12.0. The molecule has 0 radical (unpaired) electrons. The standard InChI is InChI=1S/C26H35N3O2/c1-31-25-13-7-4-10-22(25)26(16-8-2-3-9-17-26)28-18-14-21(15-19-28)29(30)20-27-23-11-5-6-12-24(23)29/h4-7,10-13,21,27H,2-3,8-9,14-20H2,1H3. The van der Waals surface area contributed by atoms with Gasteiger partial charge in [0.05, 0.1) is 13.2 Å². The van der Waals surface area contributed by atoms with Gasteiger partial charge in [-0.2, -0.15) is 0 Å². The molecular formula is C26H35N3O2. The fourth-order valence-electron chi connectivity index (χ4n) is 6.38. The number of hydroxylamine groups is 2. The average molecular weight is 422 g/mol. The molecule has 5 rings (SSSR count). The largest absolute Gasteiger partial charge is 0.626 e. The lowest BCUT2D eigenvalue weighted by Crippen LogP contribution is -2.58. The summed E-state index contributed by atoms with van der Waals surface area (Å²) in [6, 6.07) is 16.8. The van der Waals surface area contributed by atoms with Gasteiger partial charge in [-0.15, -0.1) is 0 Å². The quantitative estimate of drug-likeness (QED) is 0.397. The average Bonchev–Trinajstić information content (AvgIpc) is 3.00. The van der Waals surface area contributed by atoms with Crippen LogP contribution in [0.2, 0.25) is 0 Å². The van der Waals surface area contributed by atoms with Crippen LogP contribution in [0, 0.1) is 5.21 Å². The number of nitrogens with one attached hydrogen (secondary N) is 1. The monoisotopic (exact) mass is 421 g/mol. The number of ether oxygens (including phenoxy) is 1. The van der Waals surface area contributed by atoms with E-state index in [9.17, 15) is 5.21 Å². The number of piperidine rings is 1. The third-order valence-corrected chi connectivity index (χ3v) is 8.01. The Bertz CT molecular complexity index is 901. The zero-order valence-corrected chi connectivity index (χ0v) is 18.7. The molecule has 166 valence electrons. The van der Waals surface area contributed by atoms with Crippen molar-refractivity contribution in [2.24, 2.45) is 0 Å². The molecule has 0 spiro atoms. The molecule has 5 heteroatoms. The van der Waals surface area contributed by atoms with Gasteiger partial charge in [-0.1, -0.05) is 56.0 Å². The fourth-order valence-corrected chi connectivity index (χ4v) is 6.38. The van der Waals surface area contributed by atoms with Crippen molar-refractivity contribution < 1.29 is 4.74 Å². The number of methoxy groups -OCH3 is 1. The van der Waals surface area contributed by atoms with Gasteiger partial charge in [-0.25, -0.2) is 0 Å². The van der Waals surface area contributed by atoms with E-state index in [1.807, 2.05) is 24.3 Å². The van der Waals surface area contributed by atoms with Gasteiger partial charge in [0.2, 0.25) is 0 Å². The number of rotatable bonds is 4. The summed E-state index contributed by atoms with van der Waals surface area (Å²) >= 11 is 0. The molecule has 0 amide bonds. The van der Waals surface area contributed by atoms with E-state index in [0.29, 0.717) is 6.67 Å². The lowest BCUT2D eigenvalue weighted by molar-refractivity contribution is 0.0264. The van der Waals surface area contributed by atoms with Crippen LogP contribution in [-0.2, 0) is 5.54 Å². The highest BCUT2D eigenvalue weighted by Crippen LogP contribution is 2.47. The van der Waals surface area contributed by atoms with Crippen molar-refractivity contribution in [3.8, 4) is 5.75 Å². The van der Waals surface area contributed by atoms with Crippen LogP contribution in [0.3, 0.4) is 0 Å². The molecule has 2 fully saturated rings. The first kappa shape index (κ1) is 20.8. The SMILES string of the molecule is COc1ccccc1C1(N2CCC([N+]3([O-])CNc4ccccc43)CC2)CCCCCC1. The number of hydrogen-bond acceptors (Lipinski definition) is 4. The molecule has 31 heavy (non-hydrogen) atoms. The molecule has 1 atom stereocenters. The fraction of sp³-hybridized carbons (Fsp3) is 0.538. The van der Waals surface area contributed by atoms with Crippen molar-refractivity contribution in [2.45, 2.75) is 62.9 Å². The maximum absolute atomic E-state index is 13.9. The maximum atomic E-state index is 13.9. The Morgan fingerprint density at radius 2 is 1.65 bits per heavy atom. The van der Waals surface area contributed by atoms with Crippen molar-refractivity contribution in [3.63, 3.8) is 0 Å². The molecule has 1 N–H and O–H groups in total. The van der Waals surface area contributed by atoms with E-state index in [0.717, 1.165) is 43.1 Å². The van der Waals surface area contributed by atoms with Gasteiger partial charge in [0.25, 0.3) is 0 Å². The van der Waals surface area contributed by atoms with E-state index >= 15 is 0 Å². The molecule has 1 saturated carbocycles. The van der Waals surface area contributed by atoms with Crippen LogP contribution in [0.15, 0.2) is 48.5 Å². The van der Waals surface area contributed by atoms with Crippen LogP contribution in [0.5, 0.6) is 5.75 Å². The van der Waals surface area contributed by atoms with Crippen LogP contribution in [0.1, 0.15) is 56.9 Å². The topological polar surface area (TPSA) is 47.6 Å². The second-order valence-corrected chi connectivity index (χ2v) is 9.51. The Hall–Kier alpha value is -2.08. The maximum Gasteiger partial charge on any atom is 0.158 e. The molecule has 2 aromatic rings. The van der Waals surface area contributed by atoms with Crippen molar-refractivity contribution in [1.29, 1.82) is 0 Å². The number of quaternary nitrogens is 1. The minimum atomic E-state index is -0.217. The zero-order chi connectivity index (χ0) is 21.3. The smallest absolute Gasteiger partial charge is 0.158 e. The van der Waals surface area contributed by atoms with Gasteiger partial charge in [0, 0.05) is 43.1 Å². The number of nitrogens with zero attached hydrogens (tertiary/aromatic N) is 2. The number of hydrogen-bond donors (Lipinski definition) is 1. The van der Waals surface area contributed by atoms with Crippen molar-refractivity contribution >= 4 is 11.4 Å². The normalized spacial score (nSPS) is 26.6. The number of para-hydroxylation sites is 3. The Balaban J connectivity index is 1.41. The summed E-state index contributed by atoms with van der Waals surface area (Å²) in [4.78, 5) is 2.70. The predicted octanol–water partition coefficient (Wildman–Crippen LogP) is 5.60. The predicted molar refractivity (Wildman–Crippen MR) is 127 cm³/mol. The van der Waals surface area contributed by atoms with Crippen LogP contribution >= 0.6 is 0 Å². The molecule has 1 unspecified atom stereocenters. The molecule has 1 aliphatic carbocycles. The van der Waals surface area contributed by atoms with Crippen LogP contribution in [-0.4, -0.2) is 37.8 Å². The lowest BCUT2D eigenvalue weighted by atomic mass is 9.79. The van der Waals surface area contributed by atoms with Crippen LogP contribution < -0.4 is 14.7 Å². The molecule has 0 aromatic heterocycles. The van der Waals surface area contributed by atoms with Crippen LogP contribution in [0.4, 0.5) is 11.4 Å². The van der Waals surface area contributed by atoms with E-state index < -0.39 is 0 Å². The molecule has 2 heterocycles. The third-order valence-electron chi connectivity index (χ3n) is 8.01. The summed E-state index contributed by atoms with van der Waals surface area (Å²) in [6.45, 7) is 2.42. The number of likely N-dealkylation sites (tertiary alicyclic amines) is 1. The lowest BCUT2D eigenvalue weighted by Gasteiger charge is -2.52. The number of benzene rings is 2. The highest BCUT2D eigenvalue weighted by Gasteiger charge is 2.45. The van der Waals surface area contributed by atoms with Gasteiger partial charge in [-0.3, -0.25) is 4.90 Å². The Labute approximate surface area is 186 Å². The van der Waals surface area contributed by atoms with E-state index in [-0.39, 0.29) is 16.2 Å². The summed E-state index contributed by atoms with van der Waals surface area (Å²) in [6.07, 6.45) is 9.40. The molecule has 3 aliphatic rings. The van der Waals surface area contributed by atoms with E-state index in [1.165, 1.54) is 44.1 Å². The van der Waals surface area contributed by atoms with Crippen molar-refractivity contribution in [3.05, 3.63) is 59.3 Å². The second kappa shape index (κ2) is 8.45. The summed E-state index contributed by atoms with van der Waals surface area (Å²) < 4.78 is 5.61. The van der Waals surface area contributed by atoms with Gasteiger partial charge in [-0.05, 0) is 25.0 Å². The molecule has 1 saturated heterocycles.